The van der Waals surface area contributed by atoms with Crippen LogP contribution >= 0.6 is 0 Å². The summed E-state index contributed by atoms with van der Waals surface area (Å²) in [6, 6.07) is 8.15. The minimum atomic E-state index is -0.692. The topological polar surface area (TPSA) is 29.5 Å². The molecule has 0 aliphatic carbocycles. The van der Waals surface area contributed by atoms with Gasteiger partial charge in [-0.1, -0.05) is 39.3 Å². The Labute approximate surface area is 105 Å². The number of rotatable bonds is 7. The van der Waals surface area contributed by atoms with Crippen LogP contribution in [0.2, 0.25) is 0 Å². The summed E-state index contributed by atoms with van der Waals surface area (Å²) in [5, 5.41) is 10.1. The van der Waals surface area contributed by atoms with Gasteiger partial charge in [0.1, 0.15) is 12.4 Å². The number of hydrogen-bond donors (Lipinski definition) is 1. The maximum absolute atomic E-state index is 10.1. The summed E-state index contributed by atoms with van der Waals surface area (Å²) in [6.07, 6.45) is 3.70. The minimum Gasteiger partial charge on any atom is -0.491 e. The molecule has 2 heteroatoms. The summed E-state index contributed by atoms with van der Waals surface area (Å²) < 4.78 is 5.64. The van der Waals surface area contributed by atoms with Crippen LogP contribution in [-0.2, 0) is 6.42 Å². The van der Waals surface area contributed by atoms with Crippen LogP contribution in [0.3, 0.4) is 0 Å². The Hall–Kier alpha value is -1.02. The fourth-order valence-corrected chi connectivity index (χ4v) is 1.71. The van der Waals surface area contributed by atoms with Crippen molar-refractivity contribution in [1.29, 1.82) is 0 Å². The number of ether oxygens (including phenoxy) is 1. The number of hydrogen-bond acceptors (Lipinski definition) is 2. The molecule has 0 aliphatic heterocycles. The molecule has 0 spiro atoms. The Balaban J connectivity index is 2.52. The quantitative estimate of drug-likeness (QED) is 0.784. The smallest absolute Gasteiger partial charge is 0.119 e. The van der Waals surface area contributed by atoms with Crippen molar-refractivity contribution in [2.45, 2.75) is 52.1 Å². The second kappa shape index (κ2) is 6.65. The van der Waals surface area contributed by atoms with Gasteiger partial charge in [-0.15, -0.1) is 0 Å². The summed E-state index contributed by atoms with van der Waals surface area (Å²) in [4.78, 5) is 0. The predicted octanol–water partition coefficient (Wildman–Crippen LogP) is 3.57. The van der Waals surface area contributed by atoms with Gasteiger partial charge in [0.2, 0.25) is 0 Å². The molecule has 0 saturated heterocycles. The van der Waals surface area contributed by atoms with E-state index in [9.17, 15) is 5.11 Å². The zero-order valence-corrected chi connectivity index (χ0v) is 11.2. The van der Waals surface area contributed by atoms with Crippen LogP contribution < -0.4 is 4.74 Å². The van der Waals surface area contributed by atoms with Crippen LogP contribution in [0.5, 0.6) is 5.75 Å². The molecular weight excluding hydrogens is 212 g/mol. The van der Waals surface area contributed by atoms with Gasteiger partial charge in [0.15, 0.2) is 0 Å². The Morgan fingerprint density at radius 3 is 2.12 bits per heavy atom. The zero-order chi connectivity index (χ0) is 12.7. The van der Waals surface area contributed by atoms with Crippen molar-refractivity contribution in [2.75, 3.05) is 6.61 Å². The number of aryl methyl sites for hydroxylation is 1. The Morgan fingerprint density at radius 2 is 1.65 bits per heavy atom. The summed E-state index contributed by atoms with van der Waals surface area (Å²) in [6.45, 7) is 6.51. The highest BCUT2D eigenvalue weighted by molar-refractivity contribution is 5.27. The lowest BCUT2D eigenvalue weighted by molar-refractivity contribution is -0.0113. The molecule has 0 radical (unpaired) electrons. The Kier molecular flexibility index (Phi) is 5.49. The highest BCUT2D eigenvalue weighted by Gasteiger charge is 2.22. The summed E-state index contributed by atoms with van der Waals surface area (Å²) in [7, 11) is 0. The molecule has 0 heterocycles. The molecule has 1 rings (SSSR count). The maximum Gasteiger partial charge on any atom is 0.119 e. The van der Waals surface area contributed by atoms with E-state index in [2.05, 4.69) is 19.1 Å². The third-order valence-electron chi connectivity index (χ3n) is 3.29. The second-order valence-corrected chi connectivity index (χ2v) is 4.61. The van der Waals surface area contributed by atoms with Gasteiger partial charge in [-0.25, -0.2) is 0 Å². The molecule has 0 saturated carbocycles. The van der Waals surface area contributed by atoms with Crippen molar-refractivity contribution in [2.24, 2.45) is 0 Å². The van der Waals surface area contributed by atoms with Crippen LogP contribution in [0.4, 0.5) is 0 Å². The van der Waals surface area contributed by atoms with Crippen LogP contribution in [-0.4, -0.2) is 17.3 Å². The van der Waals surface area contributed by atoms with Crippen LogP contribution in [0.15, 0.2) is 24.3 Å². The largest absolute Gasteiger partial charge is 0.491 e. The predicted molar refractivity (Wildman–Crippen MR) is 71.5 cm³/mol. The number of aliphatic hydroxyl groups is 1. The van der Waals surface area contributed by atoms with Gasteiger partial charge in [-0.05, 0) is 37.0 Å². The van der Waals surface area contributed by atoms with Gasteiger partial charge in [0.25, 0.3) is 0 Å². The molecule has 0 bridgehead atoms. The van der Waals surface area contributed by atoms with Crippen LogP contribution in [0.1, 0.15) is 45.6 Å². The molecule has 2 nitrogen and oxygen atoms in total. The van der Waals surface area contributed by atoms with E-state index in [0.717, 1.165) is 31.4 Å². The van der Waals surface area contributed by atoms with E-state index in [1.54, 1.807) is 0 Å². The normalized spacial score (nSPS) is 11.5. The van der Waals surface area contributed by atoms with E-state index in [1.807, 2.05) is 26.0 Å². The monoisotopic (exact) mass is 236 g/mol. The second-order valence-electron chi connectivity index (χ2n) is 4.61. The standard InChI is InChI=1S/C15H24O2/c1-4-7-13-8-10-14(11-9-13)17-12-15(16,5-2)6-3/h8-11,16H,4-7,12H2,1-3H3. The molecule has 0 amide bonds. The van der Waals surface area contributed by atoms with E-state index in [0.29, 0.717) is 6.61 Å². The first-order valence-corrected chi connectivity index (χ1v) is 6.57. The van der Waals surface area contributed by atoms with Crippen molar-refractivity contribution >= 4 is 0 Å². The van der Waals surface area contributed by atoms with Crippen molar-refractivity contribution < 1.29 is 9.84 Å². The third-order valence-corrected chi connectivity index (χ3v) is 3.29. The van der Waals surface area contributed by atoms with Crippen molar-refractivity contribution in [3.63, 3.8) is 0 Å². The SMILES string of the molecule is CCCc1ccc(OCC(O)(CC)CC)cc1. The molecular formula is C15H24O2. The lowest BCUT2D eigenvalue weighted by atomic mass is 9.99. The van der Waals surface area contributed by atoms with E-state index >= 15 is 0 Å². The molecule has 0 unspecified atom stereocenters. The Morgan fingerprint density at radius 1 is 1.06 bits per heavy atom. The Bertz CT molecular complexity index is 312. The van der Waals surface area contributed by atoms with Gasteiger partial charge >= 0.3 is 0 Å². The fourth-order valence-electron chi connectivity index (χ4n) is 1.71. The third kappa shape index (κ3) is 4.39. The molecule has 0 aromatic heterocycles. The zero-order valence-electron chi connectivity index (χ0n) is 11.2. The lowest BCUT2D eigenvalue weighted by Crippen LogP contribution is -2.34. The molecule has 0 aliphatic rings. The van der Waals surface area contributed by atoms with Gasteiger partial charge in [0, 0.05) is 0 Å². The van der Waals surface area contributed by atoms with Crippen molar-refractivity contribution in [1.82, 2.24) is 0 Å². The van der Waals surface area contributed by atoms with Crippen molar-refractivity contribution in [3.8, 4) is 5.75 Å². The first-order chi connectivity index (χ1) is 8.13. The highest BCUT2D eigenvalue weighted by Crippen LogP contribution is 2.19. The van der Waals surface area contributed by atoms with Gasteiger partial charge < -0.3 is 9.84 Å². The van der Waals surface area contributed by atoms with Gasteiger partial charge in [0.05, 0.1) is 5.60 Å². The van der Waals surface area contributed by atoms with Gasteiger partial charge in [-0.2, -0.15) is 0 Å². The molecule has 1 aromatic rings. The number of benzene rings is 1. The first-order valence-electron chi connectivity index (χ1n) is 6.57. The summed E-state index contributed by atoms with van der Waals surface area (Å²) in [5.74, 6) is 0.838. The average molecular weight is 236 g/mol. The summed E-state index contributed by atoms with van der Waals surface area (Å²) in [5.41, 5.74) is 0.642. The molecule has 96 valence electrons. The fraction of sp³-hybridized carbons (Fsp3) is 0.600. The first kappa shape index (κ1) is 14.0. The molecule has 0 fully saturated rings. The van der Waals surface area contributed by atoms with E-state index < -0.39 is 5.60 Å². The van der Waals surface area contributed by atoms with E-state index in [4.69, 9.17) is 4.74 Å². The average Bonchev–Trinajstić information content (AvgIpc) is 2.38. The lowest BCUT2D eigenvalue weighted by Gasteiger charge is -2.25. The summed E-state index contributed by atoms with van der Waals surface area (Å²) >= 11 is 0. The van der Waals surface area contributed by atoms with E-state index in [1.165, 1.54) is 5.56 Å². The molecule has 1 aromatic carbocycles. The van der Waals surface area contributed by atoms with Gasteiger partial charge in [-0.3, -0.25) is 0 Å². The van der Waals surface area contributed by atoms with Crippen LogP contribution in [0.25, 0.3) is 0 Å². The van der Waals surface area contributed by atoms with Crippen LogP contribution in [0, 0.1) is 0 Å². The maximum atomic E-state index is 10.1. The molecule has 17 heavy (non-hydrogen) atoms. The molecule has 1 N–H and O–H groups in total. The minimum absolute atomic E-state index is 0.368. The van der Waals surface area contributed by atoms with Crippen molar-refractivity contribution in [3.05, 3.63) is 29.8 Å². The molecule has 0 atom stereocenters. The van der Waals surface area contributed by atoms with E-state index in [-0.39, 0.29) is 0 Å². The highest BCUT2D eigenvalue weighted by atomic mass is 16.5.